The summed E-state index contributed by atoms with van der Waals surface area (Å²) in [5.41, 5.74) is 2.22. The quantitative estimate of drug-likeness (QED) is 0.879. The molecule has 2 aromatic rings. The van der Waals surface area contributed by atoms with Crippen LogP contribution in [0, 0.1) is 13.8 Å². The first-order valence-corrected chi connectivity index (χ1v) is 6.53. The molecule has 1 aliphatic carbocycles. The van der Waals surface area contributed by atoms with E-state index in [1.165, 1.54) is 18.5 Å². The van der Waals surface area contributed by atoms with Gasteiger partial charge < -0.3 is 9.73 Å². The molecule has 4 nitrogen and oxygen atoms in total. The number of nitrogens with one attached hydrogen (secondary N) is 1. The van der Waals surface area contributed by atoms with Crippen molar-refractivity contribution in [3.05, 3.63) is 41.1 Å². The van der Waals surface area contributed by atoms with Crippen molar-refractivity contribution in [1.29, 1.82) is 0 Å². The molecule has 4 heteroatoms. The standard InChI is InChI=1S/C14H19N3O/c1-10-7-11(2)17(16-10)9-14-6-5-13(18-14)8-15-12-3-4-12/h5-7,12,15H,3-4,8-9H2,1-2H3. The topological polar surface area (TPSA) is 43.0 Å². The highest BCUT2D eigenvalue weighted by molar-refractivity contribution is 5.11. The third kappa shape index (κ3) is 2.64. The highest BCUT2D eigenvalue weighted by atomic mass is 16.3. The summed E-state index contributed by atoms with van der Waals surface area (Å²) in [4.78, 5) is 0. The average Bonchev–Trinajstić information content (AvgIpc) is 2.97. The molecule has 1 saturated carbocycles. The maximum absolute atomic E-state index is 5.81. The van der Waals surface area contributed by atoms with Gasteiger partial charge in [0, 0.05) is 11.7 Å². The Morgan fingerprint density at radius 3 is 2.78 bits per heavy atom. The van der Waals surface area contributed by atoms with Crippen molar-refractivity contribution in [3.8, 4) is 0 Å². The van der Waals surface area contributed by atoms with Crippen LogP contribution in [0.1, 0.15) is 35.7 Å². The second-order valence-corrected chi connectivity index (χ2v) is 5.11. The van der Waals surface area contributed by atoms with E-state index in [0.717, 1.165) is 29.8 Å². The predicted molar refractivity (Wildman–Crippen MR) is 69.4 cm³/mol. The molecule has 18 heavy (non-hydrogen) atoms. The first-order chi connectivity index (χ1) is 8.70. The SMILES string of the molecule is Cc1cc(C)n(Cc2ccc(CNC3CC3)o2)n1. The van der Waals surface area contributed by atoms with E-state index >= 15 is 0 Å². The highest BCUT2D eigenvalue weighted by Crippen LogP contribution is 2.20. The minimum Gasteiger partial charge on any atom is -0.463 e. The number of nitrogens with zero attached hydrogens (tertiary/aromatic N) is 2. The van der Waals surface area contributed by atoms with Crippen LogP contribution < -0.4 is 5.32 Å². The van der Waals surface area contributed by atoms with Crippen LogP contribution in [-0.2, 0) is 13.1 Å². The summed E-state index contributed by atoms with van der Waals surface area (Å²) in [7, 11) is 0. The largest absolute Gasteiger partial charge is 0.463 e. The normalized spacial score (nSPS) is 15.2. The van der Waals surface area contributed by atoms with Crippen molar-refractivity contribution in [2.24, 2.45) is 0 Å². The number of hydrogen-bond donors (Lipinski definition) is 1. The van der Waals surface area contributed by atoms with Crippen LogP contribution in [0.25, 0.3) is 0 Å². The number of furan rings is 1. The fourth-order valence-corrected chi connectivity index (χ4v) is 2.12. The van der Waals surface area contributed by atoms with E-state index in [-0.39, 0.29) is 0 Å². The minimum absolute atomic E-state index is 0.711. The molecule has 1 aliphatic rings. The van der Waals surface area contributed by atoms with Gasteiger partial charge in [-0.05, 0) is 44.9 Å². The van der Waals surface area contributed by atoms with Gasteiger partial charge in [-0.2, -0.15) is 5.10 Å². The van der Waals surface area contributed by atoms with Crippen molar-refractivity contribution in [1.82, 2.24) is 15.1 Å². The van der Waals surface area contributed by atoms with Crippen LogP contribution in [-0.4, -0.2) is 15.8 Å². The Bertz CT molecular complexity index is 537. The Morgan fingerprint density at radius 1 is 1.33 bits per heavy atom. The fourth-order valence-electron chi connectivity index (χ4n) is 2.12. The van der Waals surface area contributed by atoms with E-state index in [1.54, 1.807) is 0 Å². The first-order valence-electron chi connectivity index (χ1n) is 6.53. The van der Waals surface area contributed by atoms with Crippen LogP contribution in [0.2, 0.25) is 0 Å². The van der Waals surface area contributed by atoms with E-state index in [0.29, 0.717) is 6.54 Å². The van der Waals surface area contributed by atoms with E-state index < -0.39 is 0 Å². The van der Waals surface area contributed by atoms with E-state index in [9.17, 15) is 0 Å². The molecule has 1 N–H and O–H groups in total. The van der Waals surface area contributed by atoms with Gasteiger partial charge in [0.15, 0.2) is 0 Å². The van der Waals surface area contributed by atoms with Gasteiger partial charge in [-0.3, -0.25) is 4.68 Å². The van der Waals surface area contributed by atoms with Gasteiger partial charge in [0.25, 0.3) is 0 Å². The van der Waals surface area contributed by atoms with Crippen LogP contribution in [0.3, 0.4) is 0 Å². The van der Waals surface area contributed by atoms with Gasteiger partial charge >= 0.3 is 0 Å². The molecule has 0 amide bonds. The van der Waals surface area contributed by atoms with Crippen LogP contribution in [0.5, 0.6) is 0 Å². The number of rotatable bonds is 5. The van der Waals surface area contributed by atoms with Crippen LogP contribution in [0.4, 0.5) is 0 Å². The van der Waals surface area contributed by atoms with Crippen molar-refractivity contribution >= 4 is 0 Å². The Kier molecular flexibility index (Phi) is 2.96. The summed E-state index contributed by atoms with van der Waals surface area (Å²) < 4.78 is 7.79. The Balaban J connectivity index is 1.63. The second kappa shape index (κ2) is 4.61. The van der Waals surface area contributed by atoms with Crippen LogP contribution >= 0.6 is 0 Å². The lowest BCUT2D eigenvalue weighted by Crippen LogP contribution is -2.14. The maximum Gasteiger partial charge on any atom is 0.125 e. The predicted octanol–water partition coefficient (Wildman–Crippen LogP) is 2.39. The first kappa shape index (κ1) is 11.5. The molecule has 3 rings (SSSR count). The zero-order chi connectivity index (χ0) is 12.5. The molecule has 0 saturated heterocycles. The Labute approximate surface area is 107 Å². The molecule has 0 bridgehead atoms. The van der Waals surface area contributed by atoms with Gasteiger partial charge in [0.05, 0.1) is 18.8 Å². The lowest BCUT2D eigenvalue weighted by atomic mass is 10.4. The Morgan fingerprint density at radius 2 is 2.11 bits per heavy atom. The average molecular weight is 245 g/mol. The summed E-state index contributed by atoms with van der Waals surface area (Å²) in [5.74, 6) is 1.98. The molecule has 0 aliphatic heterocycles. The van der Waals surface area contributed by atoms with E-state index in [4.69, 9.17) is 4.42 Å². The second-order valence-electron chi connectivity index (χ2n) is 5.11. The Hall–Kier alpha value is -1.55. The number of aryl methyl sites for hydroxylation is 2. The number of aromatic nitrogens is 2. The minimum atomic E-state index is 0.711. The molecule has 0 radical (unpaired) electrons. The summed E-state index contributed by atoms with van der Waals surface area (Å²) in [6.07, 6.45) is 2.61. The van der Waals surface area contributed by atoms with E-state index in [1.807, 2.05) is 17.7 Å². The number of hydrogen-bond acceptors (Lipinski definition) is 3. The van der Waals surface area contributed by atoms with Gasteiger partial charge in [-0.15, -0.1) is 0 Å². The zero-order valence-corrected chi connectivity index (χ0v) is 10.9. The van der Waals surface area contributed by atoms with Gasteiger partial charge in [-0.25, -0.2) is 0 Å². The highest BCUT2D eigenvalue weighted by Gasteiger charge is 2.20. The summed E-state index contributed by atoms with van der Waals surface area (Å²) in [5, 5.41) is 7.89. The molecule has 1 fully saturated rings. The third-order valence-corrected chi connectivity index (χ3v) is 3.27. The lowest BCUT2D eigenvalue weighted by molar-refractivity contribution is 0.427. The monoisotopic (exact) mass is 245 g/mol. The van der Waals surface area contributed by atoms with Crippen molar-refractivity contribution in [3.63, 3.8) is 0 Å². The van der Waals surface area contributed by atoms with Gasteiger partial charge in [0.1, 0.15) is 11.5 Å². The molecule has 2 aromatic heterocycles. The third-order valence-electron chi connectivity index (χ3n) is 3.27. The van der Waals surface area contributed by atoms with E-state index in [2.05, 4.69) is 29.5 Å². The molecule has 2 heterocycles. The molecule has 0 spiro atoms. The molecule has 0 aromatic carbocycles. The van der Waals surface area contributed by atoms with Crippen molar-refractivity contribution in [2.45, 2.75) is 45.8 Å². The molecular formula is C14H19N3O. The van der Waals surface area contributed by atoms with Crippen molar-refractivity contribution < 1.29 is 4.42 Å². The molecular weight excluding hydrogens is 226 g/mol. The summed E-state index contributed by atoms with van der Waals surface area (Å²) >= 11 is 0. The maximum atomic E-state index is 5.81. The van der Waals surface area contributed by atoms with Gasteiger partial charge in [-0.1, -0.05) is 0 Å². The molecule has 0 atom stereocenters. The summed E-state index contributed by atoms with van der Waals surface area (Å²) in [6.45, 7) is 5.63. The lowest BCUT2D eigenvalue weighted by Gasteiger charge is -2.02. The zero-order valence-electron chi connectivity index (χ0n) is 10.9. The summed E-state index contributed by atoms with van der Waals surface area (Å²) in [6, 6.07) is 6.89. The fraction of sp³-hybridized carbons (Fsp3) is 0.500. The molecule has 0 unspecified atom stereocenters. The van der Waals surface area contributed by atoms with Crippen LogP contribution in [0.15, 0.2) is 22.6 Å². The molecule has 96 valence electrons. The smallest absolute Gasteiger partial charge is 0.125 e. The van der Waals surface area contributed by atoms with Crippen molar-refractivity contribution in [2.75, 3.05) is 0 Å². The van der Waals surface area contributed by atoms with Gasteiger partial charge in [0.2, 0.25) is 0 Å².